The predicted octanol–water partition coefficient (Wildman–Crippen LogP) is 17.8. The van der Waals surface area contributed by atoms with Crippen molar-refractivity contribution in [3.63, 3.8) is 0 Å². The van der Waals surface area contributed by atoms with Gasteiger partial charge in [0, 0.05) is 39.2 Å². The maximum absolute atomic E-state index is 14.9. The van der Waals surface area contributed by atoms with Crippen LogP contribution in [-0.2, 0) is 11.8 Å². The molecule has 3 nitrogen and oxygen atoms in total. The fourth-order valence-corrected chi connectivity index (χ4v) is 12.7. The highest BCUT2D eigenvalue weighted by Crippen LogP contribution is 2.63. The lowest BCUT2D eigenvalue weighted by molar-refractivity contribution is 0.627. The normalized spacial score (nSPS) is 13.1. The first kappa shape index (κ1) is 40.6. The van der Waals surface area contributed by atoms with Gasteiger partial charge >= 0.3 is 0 Å². The fourth-order valence-electron chi connectivity index (χ4n) is 12.7. The lowest BCUT2D eigenvalue weighted by atomic mass is 9.70. The Morgan fingerprint density at radius 3 is 1.56 bits per heavy atom. The maximum atomic E-state index is 14.9. The second-order valence-corrected chi connectivity index (χ2v) is 19.3. The Labute approximate surface area is 417 Å². The molecule has 1 spiro atoms. The molecule has 338 valence electrons. The van der Waals surface area contributed by atoms with Crippen LogP contribution in [0.2, 0.25) is 0 Å². The Hall–Kier alpha value is -9.25. The number of fused-ring (bicyclic) bond motifs is 16. The Kier molecular flexibility index (Phi) is 8.82. The van der Waals surface area contributed by atoms with E-state index in [0.29, 0.717) is 0 Å². The van der Waals surface area contributed by atoms with Crippen LogP contribution in [0.1, 0.15) is 33.4 Å². The van der Waals surface area contributed by atoms with Crippen molar-refractivity contribution in [1.82, 2.24) is 4.57 Å². The van der Waals surface area contributed by atoms with Crippen molar-refractivity contribution in [2.24, 2.45) is 0 Å². The van der Waals surface area contributed by atoms with Gasteiger partial charge in [-0.05, 0) is 164 Å². The molecular formula is C68H44FN3. The van der Waals surface area contributed by atoms with E-state index in [-0.39, 0.29) is 5.82 Å². The number of nitrogens with zero attached hydrogens (tertiary/aromatic N) is 3. The molecule has 1 aromatic heterocycles. The van der Waals surface area contributed by atoms with Crippen LogP contribution in [0, 0.1) is 5.82 Å². The summed E-state index contributed by atoms with van der Waals surface area (Å²) in [5.41, 5.74) is 24.1. The van der Waals surface area contributed by atoms with Crippen LogP contribution < -0.4 is 9.80 Å². The van der Waals surface area contributed by atoms with Gasteiger partial charge in [0.1, 0.15) is 5.82 Å². The number of hydrogen-bond acceptors (Lipinski definition) is 2. The maximum Gasteiger partial charge on any atom is 0.123 e. The number of rotatable bonds is 7. The van der Waals surface area contributed by atoms with Crippen LogP contribution in [-0.4, -0.2) is 4.57 Å². The molecular weight excluding hydrogens is 878 g/mol. The zero-order valence-corrected chi connectivity index (χ0v) is 39.2. The third-order valence-corrected chi connectivity index (χ3v) is 15.6. The topological polar surface area (TPSA) is 11.4 Å². The first-order valence-electron chi connectivity index (χ1n) is 24.8. The summed E-state index contributed by atoms with van der Waals surface area (Å²) in [4.78, 5) is 4.87. The summed E-state index contributed by atoms with van der Waals surface area (Å²) in [6.07, 6.45) is 0.915. The molecule has 4 heteroatoms. The second-order valence-electron chi connectivity index (χ2n) is 19.3. The number of halogens is 1. The summed E-state index contributed by atoms with van der Waals surface area (Å²) in [6, 6.07) is 91.7. The molecule has 3 aliphatic rings. The molecule has 72 heavy (non-hydrogen) atoms. The van der Waals surface area contributed by atoms with Gasteiger partial charge in [0.25, 0.3) is 0 Å². The molecule has 12 aromatic rings. The lowest BCUT2D eigenvalue weighted by Crippen LogP contribution is -2.26. The van der Waals surface area contributed by atoms with Crippen molar-refractivity contribution in [2.75, 3.05) is 9.80 Å². The highest BCUT2D eigenvalue weighted by molar-refractivity contribution is 6.18. The van der Waals surface area contributed by atoms with Crippen molar-refractivity contribution >= 4 is 55.9 Å². The fraction of sp³-hybridized carbons (Fsp3) is 0.0294. The summed E-state index contributed by atoms with van der Waals surface area (Å²) in [5.74, 6) is -0.270. The van der Waals surface area contributed by atoms with Gasteiger partial charge in [-0.15, -0.1) is 0 Å². The molecule has 0 bridgehead atoms. The molecule has 0 N–H and O–H groups in total. The summed E-state index contributed by atoms with van der Waals surface area (Å²) in [5, 5.41) is 2.20. The Balaban J connectivity index is 1.04. The summed E-state index contributed by atoms with van der Waals surface area (Å²) < 4.78 is 17.2. The molecule has 0 saturated carbocycles. The molecule has 15 rings (SSSR count). The summed E-state index contributed by atoms with van der Waals surface area (Å²) in [7, 11) is 0. The molecule has 0 fully saturated rings. The minimum Gasteiger partial charge on any atom is -0.310 e. The van der Waals surface area contributed by atoms with Gasteiger partial charge in [0.05, 0.1) is 27.8 Å². The van der Waals surface area contributed by atoms with Crippen LogP contribution in [0.5, 0.6) is 0 Å². The molecule has 0 radical (unpaired) electrons. The minimum atomic E-state index is -0.516. The second kappa shape index (κ2) is 15.6. The average molecular weight is 922 g/mol. The zero-order valence-electron chi connectivity index (χ0n) is 39.2. The number of anilines is 6. The molecule has 11 aromatic carbocycles. The average Bonchev–Trinajstić information content (AvgIpc) is 4.16. The molecule has 0 aliphatic heterocycles. The van der Waals surface area contributed by atoms with Crippen LogP contribution in [0.4, 0.5) is 38.5 Å². The third-order valence-electron chi connectivity index (χ3n) is 15.6. The molecule has 0 unspecified atom stereocenters. The van der Waals surface area contributed by atoms with Gasteiger partial charge in [-0.1, -0.05) is 164 Å². The highest BCUT2D eigenvalue weighted by Gasteiger charge is 2.51. The number of para-hydroxylation sites is 3. The molecule has 3 aliphatic carbocycles. The van der Waals surface area contributed by atoms with Crippen LogP contribution in [0.3, 0.4) is 0 Å². The van der Waals surface area contributed by atoms with E-state index in [9.17, 15) is 4.39 Å². The van der Waals surface area contributed by atoms with Gasteiger partial charge in [-0.3, -0.25) is 0 Å². The highest BCUT2D eigenvalue weighted by atomic mass is 19.1. The van der Waals surface area contributed by atoms with E-state index in [0.717, 1.165) is 68.0 Å². The largest absolute Gasteiger partial charge is 0.310 e. The molecule has 1 heterocycles. The summed E-state index contributed by atoms with van der Waals surface area (Å²) >= 11 is 0. The van der Waals surface area contributed by atoms with E-state index >= 15 is 0 Å². The van der Waals surface area contributed by atoms with Crippen molar-refractivity contribution in [2.45, 2.75) is 11.8 Å². The standard InChI is InChI=1S/C68H44FN3/c69-46-32-35-49(36-33-46)72-64-30-16-12-26-58(64)67-65(71(48-20-5-2-6-21-48)50-34-31-45-39-44-17-7-8-22-53(44)59(45)40-50)42-52(43-66(67)72)70(47-18-3-1-4-19-47)51-37-38-57-56-25-11-15-29-62(56)68(63(57)41-51)60-27-13-9-23-54(60)55-24-10-14-28-61(55)68/h1-38,40-43H,39H2. The predicted molar refractivity (Wildman–Crippen MR) is 295 cm³/mol. The van der Waals surface area contributed by atoms with Crippen molar-refractivity contribution < 1.29 is 4.39 Å². The van der Waals surface area contributed by atoms with E-state index < -0.39 is 5.41 Å². The van der Waals surface area contributed by atoms with Gasteiger partial charge in [0.2, 0.25) is 0 Å². The first-order valence-corrected chi connectivity index (χ1v) is 24.8. The van der Waals surface area contributed by atoms with Crippen LogP contribution >= 0.6 is 0 Å². The van der Waals surface area contributed by atoms with Crippen molar-refractivity contribution in [3.05, 3.63) is 294 Å². The molecule has 0 saturated heterocycles. The van der Waals surface area contributed by atoms with E-state index in [1.165, 1.54) is 66.8 Å². The van der Waals surface area contributed by atoms with Gasteiger partial charge in [0.15, 0.2) is 0 Å². The Morgan fingerprint density at radius 1 is 0.347 bits per heavy atom. The quantitative estimate of drug-likeness (QED) is 0.158. The molecule has 0 amide bonds. The smallest absolute Gasteiger partial charge is 0.123 e. The first-order chi connectivity index (χ1) is 35.6. The van der Waals surface area contributed by atoms with Crippen LogP contribution in [0.15, 0.2) is 255 Å². The van der Waals surface area contributed by atoms with Gasteiger partial charge in [-0.2, -0.15) is 0 Å². The SMILES string of the molecule is Fc1ccc(-n2c3ccccc3c3c(N(c4ccccc4)c4ccc5c(c4)-c4ccccc4C5)cc(N(c4ccccc4)c4ccc5c(c4)C4(c6ccccc6-c6ccccc64)c4ccccc4-5)cc32)cc1. The minimum absolute atomic E-state index is 0.270. The van der Waals surface area contributed by atoms with Crippen molar-refractivity contribution in [3.8, 4) is 39.1 Å². The van der Waals surface area contributed by atoms with Crippen molar-refractivity contribution in [1.29, 1.82) is 0 Å². The van der Waals surface area contributed by atoms with E-state index in [1.54, 1.807) is 12.1 Å². The van der Waals surface area contributed by atoms with E-state index in [2.05, 4.69) is 245 Å². The third kappa shape index (κ3) is 5.78. The summed E-state index contributed by atoms with van der Waals surface area (Å²) in [6.45, 7) is 0. The van der Waals surface area contributed by atoms with Gasteiger partial charge < -0.3 is 14.4 Å². The zero-order chi connectivity index (χ0) is 47.5. The number of benzene rings is 11. The van der Waals surface area contributed by atoms with Crippen LogP contribution in [0.25, 0.3) is 60.9 Å². The monoisotopic (exact) mass is 921 g/mol. The lowest BCUT2D eigenvalue weighted by Gasteiger charge is -2.33. The molecule has 0 atom stereocenters. The number of hydrogen-bond donors (Lipinski definition) is 0. The van der Waals surface area contributed by atoms with E-state index in [4.69, 9.17) is 0 Å². The van der Waals surface area contributed by atoms with Gasteiger partial charge in [-0.25, -0.2) is 4.39 Å². The Bertz CT molecular complexity index is 4090. The Morgan fingerprint density at radius 2 is 0.875 bits per heavy atom. The number of aromatic nitrogens is 1. The van der Waals surface area contributed by atoms with E-state index in [1.807, 2.05) is 12.1 Å².